The smallest absolute Gasteiger partial charge is 0.264 e. The van der Waals surface area contributed by atoms with Crippen LogP contribution in [0.25, 0.3) is 21.3 Å². The average molecular weight is 502 g/mol. The zero-order chi connectivity index (χ0) is 24.8. The highest BCUT2D eigenvalue weighted by atomic mass is 32.1. The standard InChI is InChI=1S/C27H24FN5O2S/c1-16-22-25(29-15-33(26(22)34)14-17-5-3-2-4-6-17)36-23(16)27(35)32-11-9-18(10-12-32)24-30-20-8-7-19(28)13-21(20)31-24/h2-8,13,15,18H,9-12,14H2,1H3,(H,30,31). The van der Waals surface area contributed by atoms with E-state index in [1.54, 1.807) is 17.0 Å². The predicted octanol–water partition coefficient (Wildman–Crippen LogP) is 4.85. The Morgan fingerprint density at radius 3 is 2.72 bits per heavy atom. The number of hydrogen-bond donors (Lipinski definition) is 1. The lowest BCUT2D eigenvalue weighted by atomic mass is 9.96. The summed E-state index contributed by atoms with van der Waals surface area (Å²) in [7, 11) is 0. The van der Waals surface area contributed by atoms with Gasteiger partial charge in [-0.25, -0.2) is 14.4 Å². The Bertz CT molecular complexity index is 1650. The van der Waals surface area contributed by atoms with E-state index in [2.05, 4.69) is 15.0 Å². The van der Waals surface area contributed by atoms with Crippen LogP contribution in [0.3, 0.4) is 0 Å². The van der Waals surface area contributed by atoms with E-state index < -0.39 is 0 Å². The Hall–Kier alpha value is -3.85. The maximum atomic E-state index is 13.5. The molecule has 0 spiro atoms. The van der Waals surface area contributed by atoms with Crippen LogP contribution in [0.4, 0.5) is 4.39 Å². The highest BCUT2D eigenvalue weighted by Crippen LogP contribution is 2.32. The van der Waals surface area contributed by atoms with E-state index in [1.807, 2.05) is 42.2 Å². The first kappa shape index (κ1) is 22.6. The van der Waals surface area contributed by atoms with Crippen molar-refractivity contribution in [1.29, 1.82) is 0 Å². The number of thiophene rings is 1. The number of nitrogens with one attached hydrogen (secondary N) is 1. The molecule has 182 valence electrons. The van der Waals surface area contributed by atoms with Gasteiger partial charge in [0.05, 0.1) is 34.2 Å². The number of fused-ring (bicyclic) bond motifs is 2. The summed E-state index contributed by atoms with van der Waals surface area (Å²) < 4.78 is 15.1. The second-order valence-electron chi connectivity index (χ2n) is 9.25. The van der Waals surface area contributed by atoms with Crippen molar-refractivity contribution in [3.05, 3.63) is 92.9 Å². The Kier molecular flexibility index (Phi) is 5.64. The van der Waals surface area contributed by atoms with Gasteiger partial charge in [-0.05, 0) is 49.1 Å². The Balaban J connectivity index is 1.21. The quantitative estimate of drug-likeness (QED) is 0.382. The highest BCUT2D eigenvalue weighted by Gasteiger charge is 2.29. The summed E-state index contributed by atoms with van der Waals surface area (Å²) in [5.41, 5.74) is 3.02. The number of aromatic amines is 1. The number of rotatable bonds is 4. The number of hydrogen-bond acceptors (Lipinski definition) is 5. The van der Waals surface area contributed by atoms with Crippen LogP contribution in [0, 0.1) is 12.7 Å². The van der Waals surface area contributed by atoms with Crippen molar-refractivity contribution in [3.63, 3.8) is 0 Å². The van der Waals surface area contributed by atoms with E-state index in [1.165, 1.54) is 23.5 Å². The molecule has 0 bridgehead atoms. The molecule has 36 heavy (non-hydrogen) atoms. The van der Waals surface area contributed by atoms with E-state index in [0.29, 0.717) is 45.8 Å². The molecule has 4 heterocycles. The summed E-state index contributed by atoms with van der Waals surface area (Å²) in [5, 5.41) is 0.520. The number of halogens is 1. The van der Waals surface area contributed by atoms with Crippen molar-refractivity contribution in [3.8, 4) is 0 Å². The van der Waals surface area contributed by atoms with Crippen LogP contribution in [0.15, 0.2) is 59.7 Å². The maximum Gasteiger partial charge on any atom is 0.264 e. The summed E-state index contributed by atoms with van der Waals surface area (Å²) in [6.45, 7) is 3.45. The second-order valence-corrected chi connectivity index (χ2v) is 10.2. The number of aromatic nitrogens is 4. The van der Waals surface area contributed by atoms with Crippen LogP contribution < -0.4 is 5.56 Å². The molecule has 3 aromatic heterocycles. The molecular formula is C27H24FN5O2S. The molecule has 0 saturated carbocycles. The largest absolute Gasteiger partial charge is 0.342 e. The number of amides is 1. The van der Waals surface area contributed by atoms with Crippen molar-refractivity contribution in [2.24, 2.45) is 0 Å². The summed E-state index contributed by atoms with van der Waals surface area (Å²) in [4.78, 5) is 42.0. The summed E-state index contributed by atoms with van der Waals surface area (Å²) in [5.74, 6) is 0.663. The van der Waals surface area contributed by atoms with E-state index in [-0.39, 0.29) is 23.2 Å². The van der Waals surface area contributed by atoms with E-state index in [9.17, 15) is 14.0 Å². The molecule has 7 nitrogen and oxygen atoms in total. The van der Waals surface area contributed by atoms with Gasteiger partial charge in [0.1, 0.15) is 16.5 Å². The SMILES string of the molecule is Cc1c(C(=O)N2CCC(c3nc4ccc(F)cc4[nH]3)CC2)sc2ncn(Cc3ccccc3)c(=O)c12. The zero-order valence-corrected chi connectivity index (χ0v) is 20.5. The number of imidazole rings is 1. The minimum absolute atomic E-state index is 0.0605. The fraction of sp³-hybridized carbons (Fsp3) is 0.259. The zero-order valence-electron chi connectivity index (χ0n) is 19.7. The van der Waals surface area contributed by atoms with Gasteiger partial charge in [0.15, 0.2) is 0 Å². The monoisotopic (exact) mass is 501 g/mol. The molecule has 6 rings (SSSR count). The molecule has 0 atom stereocenters. The number of H-pyrrole nitrogens is 1. The lowest BCUT2D eigenvalue weighted by Gasteiger charge is -2.31. The normalized spacial score (nSPS) is 14.7. The van der Waals surface area contributed by atoms with Crippen LogP contribution in [0.1, 0.15) is 45.4 Å². The van der Waals surface area contributed by atoms with Gasteiger partial charge >= 0.3 is 0 Å². The third-order valence-corrected chi connectivity index (χ3v) is 8.13. The fourth-order valence-corrected chi connectivity index (χ4v) is 6.06. The van der Waals surface area contributed by atoms with Crippen molar-refractivity contribution in [1.82, 2.24) is 24.4 Å². The number of aryl methyl sites for hydroxylation is 1. The van der Waals surface area contributed by atoms with E-state index in [4.69, 9.17) is 0 Å². The maximum absolute atomic E-state index is 13.5. The summed E-state index contributed by atoms with van der Waals surface area (Å²) >= 11 is 1.29. The molecule has 9 heteroatoms. The topological polar surface area (TPSA) is 83.9 Å². The van der Waals surface area contributed by atoms with Gasteiger partial charge < -0.3 is 9.88 Å². The number of nitrogens with zero attached hydrogens (tertiary/aromatic N) is 4. The number of carbonyl (C=O) groups excluding carboxylic acids is 1. The van der Waals surface area contributed by atoms with Gasteiger partial charge in [0, 0.05) is 19.0 Å². The van der Waals surface area contributed by atoms with E-state index >= 15 is 0 Å². The molecule has 1 aliphatic heterocycles. The van der Waals surface area contributed by atoms with Gasteiger partial charge in [-0.1, -0.05) is 30.3 Å². The first-order valence-electron chi connectivity index (χ1n) is 11.9. The second kappa shape index (κ2) is 8.98. The third kappa shape index (κ3) is 3.99. The molecule has 0 radical (unpaired) electrons. The first-order valence-corrected chi connectivity index (χ1v) is 12.8. The molecule has 0 aliphatic carbocycles. The average Bonchev–Trinajstić information content (AvgIpc) is 3.47. The van der Waals surface area contributed by atoms with Crippen LogP contribution in [0.5, 0.6) is 0 Å². The number of carbonyl (C=O) groups is 1. The number of piperidine rings is 1. The summed E-state index contributed by atoms with van der Waals surface area (Å²) in [6, 6.07) is 14.3. The summed E-state index contributed by atoms with van der Waals surface area (Å²) in [6.07, 6.45) is 3.09. The van der Waals surface area contributed by atoms with Gasteiger partial charge in [-0.3, -0.25) is 14.2 Å². The molecule has 0 unspecified atom stereocenters. The fourth-order valence-electron chi connectivity index (χ4n) is 4.95. The highest BCUT2D eigenvalue weighted by molar-refractivity contribution is 7.20. The first-order chi connectivity index (χ1) is 17.5. The Morgan fingerprint density at radius 1 is 1.17 bits per heavy atom. The Morgan fingerprint density at radius 2 is 1.94 bits per heavy atom. The van der Waals surface area contributed by atoms with Crippen LogP contribution >= 0.6 is 11.3 Å². The van der Waals surface area contributed by atoms with Crippen LogP contribution in [-0.4, -0.2) is 43.4 Å². The molecule has 1 fully saturated rings. The van der Waals surface area contributed by atoms with Gasteiger partial charge in [0.25, 0.3) is 11.5 Å². The van der Waals surface area contributed by atoms with E-state index in [0.717, 1.165) is 29.7 Å². The molecule has 2 aromatic carbocycles. The molecule has 1 N–H and O–H groups in total. The third-order valence-electron chi connectivity index (χ3n) is 6.94. The van der Waals surface area contributed by atoms with Crippen molar-refractivity contribution >= 4 is 38.5 Å². The minimum atomic E-state index is -0.293. The van der Waals surface area contributed by atoms with Crippen molar-refractivity contribution < 1.29 is 9.18 Å². The van der Waals surface area contributed by atoms with Gasteiger partial charge in [-0.15, -0.1) is 11.3 Å². The van der Waals surface area contributed by atoms with Crippen molar-refractivity contribution in [2.75, 3.05) is 13.1 Å². The molecule has 1 saturated heterocycles. The lowest BCUT2D eigenvalue weighted by Crippen LogP contribution is -2.38. The van der Waals surface area contributed by atoms with Crippen molar-refractivity contribution in [2.45, 2.75) is 32.2 Å². The lowest BCUT2D eigenvalue weighted by molar-refractivity contribution is 0.0715. The molecule has 5 aromatic rings. The molecule has 1 aliphatic rings. The van der Waals surface area contributed by atoms with Crippen LogP contribution in [-0.2, 0) is 6.54 Å². The van der Waals surface area contributed by atoms with Gasteiger partial charge in [-0.2, -0.15) is 0 Å². The number of likely N-dealkylation sites (tertiary alicyclic amines) is 1. The molecular weight excluding hydrogens is 477 g/mol. The minimum Gasteiger partial charge on any atom is -0.342 e. The Labute approximate surface area is 210 Å². The predicted molar refractivity (Wildman–Crippen MR) is 138 cm³/mol. The van der Waals surface area contributed by atoms with Gasteiger partial charge in [0.2, 0.25) is 0 Å². The van der Waals surface area contributed by atoms with Crippen LogP contribution in [0.2, 0.25) is 0 Å². The number of benzene rings is 2. The molecule has 1 amide bonds.